The van der Waals surface area contributed by atoms with Crippen LogP contribution in [0.5, 0.6) is 5.75 Å². The molecule has 4 rings (SSSR count). The number of nitrogens with one attached hydrogen (secondary N) is 2. The van der Waals surface area contributed by atoms with Crippen LogP contribution in [0.1, 0.15) is 26.2 Å². The van der Waals surface area contributed by atoms with E-state index in [1.165, 1.54) is 25.3 Å². The number of allylic oxidation sites excluding steroid dienone is 1. The Kier molecular flexibility index (Phi) is 9.04. The molecule has 232 valence electrons. The first-order chi connectivity index (χ1) is 20.0. The molecule has 0 amide bonds. The van der Waals surface area contributed by atoms with Crippen molar-refractivity contribution in [2.75, 3.05) is 36.3 Å². The van der Waals surface area contributed by atoms with Gasteiger partial charge in [-0.15, -0.1) is 0 Å². The number of aromatic nitrogens is 3. The van der Waals surface area contributed by atoms with Crippen LogP contribution < -0.4 is 20.5 Å². The molecule has 11 nitrogen and oxygen atoms in total. The summed E-state index contributed by atoms with van der Waals surface area (Å²) < 4.78 is 94.1. The number of primary sulfonamides is 1. The van der Waals surface area contributed by atoms with Crippen LogP contribution in [-0.4, -0.2) is 69.2 Å². The number of hydrogen-bond acceptors (Lipinski definition) is 10. The van der Waals surface area contributed by atoms with E-state index < -0.39 is 31.6 Å². The molecule has 2 heterocycles. The zero-order chi connectivity index (χ0) is 31.6. The summed E-state index contributed by atoms with van der Waals surface area (Å²) in [6, 6.07) is 7.58. The molecule has 1 saturated carbocycles. The van der Waals surface area contributed by atoms with Gasteiger partial charge in [-0.25, -0.2) is 31.9 Å². The number of halogens is 3. The third-order valence-corrected chi connectivity index (χ3v) is 8.40. The Labute approximate surface area is 247 Å². The molecule has 0 unspecified atom stereocenters. The highest BCUT2D eigenvalue weighted by atomic mass is 32.2. The first kappa shape index (κ1) is 32.2. The highest BCUT2D eigenvalue weighted by Gasteiger charge is 2.64. The van der Waals surface area contributed by atoms with Crippen molar-refractivity contribution in [2.24, 2.45) is 5.14 Å². The number of alkyl halides is 3. The van der Waals surface area contributed by atoms with E-state index in [4.69, 9.17) is 9.88 Å². The summed E-state index contributed by atoms with van der Waals surface area (Å²) in [6.45, 7) is 2.04. The molecule has 0 radical (unpaired) electrons. The lowest BCUT2D eigenvalue weighted by atomic mass is 10.1. The maximum Gasteiger partial charge on any atom is 0.411 e. The number of ether oxygens (including phenoxy) is 1. The van der Waals surface area contributed by atoms with E-state index in [0.29, 0.717) is 17.6 Å². The van der Waals surface area contributed by atoms with E-state index >= 15 is 0 Å². The SMILES string of the molecule is CCC=C(C=CCS(N)(=O)=O)CNc1nc(NC2(C(F)(F)F)CC2)c2nc(-c3ccc(OC)c(S(C)(=O)=O)c3)ccc2n1. The average molecular weight is 641 g/mol. The van der Waals surface area contributed by atoms with E-state index in [9.17, 15) is 30.0 Å². The second-order valence-electron chi connectivity index (χ2n) is 10.1. The number of benzene rings is 1. The van der Waals surface area contributed by atoms with Crippen molar-refractivity contribution in [3.05, 3.63) is 54.1 Å². The third-order valence-electron chi connectivity index (χ3n) is 6.63. The van der Waals surface area contributed by atoms with Gasteiger partial charge in [0.15, 0.2) is 15.7 Å². The first-order valence-corrected chi connectivity index (χ1v) is 16.7. The van der Waals surface area contributed by atoms with Crippen LogP contribution in [0.4, 0.5) is 24.9 Å². The van der Waals surface area contributed by atoms with E-state index in [2.05, 4.69) is 25.6 Å². The molecule has 43 heavy (non-hydrogen) atoms. The minimum Gasteiger partial charge on any atom is -0.495 e. The van der Waals surface area contributed by atoms with Gasteiger partial charge in [-0.2, -0.15) is 18.2 Å². The van der Waals surface area contributed by atoms with Crippen LogP contribution in [-0.2, 0) is 19.9 Å². The van der Waals surface area contributed by atoms with E-state index in [1.807, 2.05) is 13.0 Å². The smallest absolute Gasteiger partial charge is 0.411 e. The molecule has 1 aliphatic carbocycles. The van der Waals surface area contributed by atoms with Crippen molar-refractivity contribution in [1.82, 2.24) is 15.0 Å². The summed E-state index contributed by atoms with van der Waals surface area (Å²) in [5.41, 5.74) is -0.479. The fourth-order valence-corrected chi connectivity index (χ4v) is 5.50. The molecule has 0 spiro atoms. The summed E-state index contributed by atoms with van der Waals surface area (Å²) in [7, 11) is -6.02. The van der Waals surface area contributed by atoms with E-state index in [1.54, 1.807) is 24.3 Å². The Bertz CT molecular complexity index is 1810. The van der Waals surface area contributed by atoms with Crippen molar-refractivity contribution in [1.29, 1.82) is 0 Å². The molecule has 1 aliphatic rings. The maximum absolute atomic E-state index is 13.9. The van der Waals surface area contributed by atoms with Crippen molar-refractivity contribution in [3.63, 3.8) is 0 Å². The number of sulfonamides is 1. The maximum atomic E-state index is 13.9. The number of methoxy groups -OCH3 is 1. The van der Waals surface area contributed by atoms with E-state index in [0.717, 1.165) is 6.26 Å². The lowest BCUT2D eigenvalue weighted by molar-refractivity contribution is -0.151. The predicted octanol–water partition coefficient (Wildman–Crippen LogP) is 4.20. The Balaban J connectivity index is 1.75. The predicted molar refractivity (Wildman–Crippen MR) is 158 cm³/mol. The van der Waals surface area contributed by atoms with Gasteiger partial charge >= 0.3 is 6.18 Å². The zero-order valence-corrected chi connectivity index (χ0v) is 25.2. The number of sulfone groups is 1. The molecule has 16 heteroatoms. The number of nitrogens with zero attached hydrogens (tertiary/aromatic N) is 3. The van der Waals surface area contributed by atoms with Crippen molar-refractivity contribution in [2.45, 2.75) is 42.8 Å². The molecule has 0 aliphatic heterocycles. The molecule has 1 fully saturated rings. The van der Waals surface area contributed by atoms with Gasteiger partial charge in [-0.1, -0.05) is 25.2 Å². The average Bonchev–Trinajstić information content (AvgIpc) is 3.71. The Morgan fingerprint density at radius 1 is 1.12 bits per heavy atom. The molecule has 0 atom stereocenters. The topological polar surface area (TPSA) is 166 Å². The Morgan fingerprint density at radius 3 is 2.42 bits per heavy atom. The van der Waals surface area contributed by atoms with Crippen molar-refractivity contribution >= 4 is 42.7 Å². The lowest BCUT2D eigenvalue weighted by Crippen LogP contribution is -2.39. The van der Waals surface area contributed by atoms with Gasteiger partial charge < -0.3 is 15.4 Å². The molecule has 0 saturated heterocycles. The monoisotopic (exact) mass is 640 g/mol. The second kappa shape index (κ2) is 12.1. The normalized spacial score (nSPS) is 15.6. The quantitative estimate of drug-likeness (QED) is 0.244. The minimum atomic E-state index is -4.54. The molecule has 3 aromatic rings. The molecule has 4 N–H and O–H groups in total. The molecule has 2 aromatic heterocycles. The van der Waals surface area contributed by atoms with Gasteiger partial charge in [-0.05, 0) is 55.2 Å². The van der Waals surface area contributed by atoms with Crippen molar-refractivity contribution < 1.29 is 34.7 Å². The van der Waals surface area contributed by atoms with Crippen LogP contribution in [0.3, 0.4) is 0 Å². The van der Waals surface area contributed by atoms with Gasteiger partial charge in [0.25, 0.3) is 0 Å². The zero-order valence-electron chi connectivity index (χ0n) is 23.6. The number of pyridine rings is 1. The molecule has 0 bridgehead atoms. The second-order valence-corrected chi connectivity index (χ2v) is 13.7. The number of hydrogen-bond donors (Lipinski definition) is 3. The Morgan fingerprint density at radius 2 is 1.84 bits per heavy atom. The van der Waals surface area contributed by atoms with Gasteiger partial charge in [-0.3, -0.25) is 0 Å². The standard InChI is InChI=1S/C27H31F3N6O5S2/c1-4-6-17(7-5-14-43(31,39)40)16-32-25-34-20-10-9-19(18-8-11-21(41-2)22(15-18)42(3,37)38)33-23(20)24(35-25)36-26(12-13-26)27(28,29)30/h5-11,15H,4,12-14,16H2,1-3H3,(H2,31,39,40)(H2,32,34,35,36). The summed E-state index contributed by atoms with van der Waals surface area (Å²) in [5.74, 6) is -0.340. The summed E-state index contributed by atoms with van der Waals surface area (Å²) in [4.78, 5) is 13.2. The van der Waals surface area contributed by atoms with Gasteiger partial charge in [0, 0.05) is 18.4 Å². The third kappa shape index (κ3) is 7.80. The number of rotatable bonds is 12. The molecular formula is C27H31F3N6O5S2. The van der Waals surface area contributed by atoms with Crippen LogP contribution >= 0.6 is 0 Å². The molecule has 1 aromatic carbocycles. The first-order valence-electron chi connectivity index (χ1n) is 13.1. The summed E-state index contributed by atoms with van der Waals surface area (Å²) in [5, 5.41) is 10.6. The number of anilines is 2. The van der Waals surface area contributed by atoms with Gasteiger partial charge in [0.2, 0.25) is 16.0 Å². The number of fused-ring (bicyclic) bond motifs is 1. The summed E-state index contributed by atoms with van der Waals surface area (Å²) >= 11 is 0. The highest BCUT2D eigenvalue weighted by Crippen LogP contribution is 2.51. The fraction of sp³-hybridized carbons (Fsp3) is 0.370. The van der Waals surface area contributed by atoms with Crippen molar-refractivity contribution in [3.8, 4) is 17.0 Å². The highest BCUT2D eigenvalue weighted by molar-refractivity contribution is 7.90. The largest absolute Gasteiger partial charge is 0.495 e. The molecular weight excluding hydrogens is 609 g/mol. The number of nitrogens with two attached hydrogens (primary N) is 1. The van der Waals surface area contributed by atoms with E-state index in [-0.39, 0.29) is 64.3 Å². The fourth-order valence-electron chi connectivity index (χ4n) is 4.27. The van der Waals surface area contributed by atoms with Crippen LogP contribution in [0.2, 0.25) is 0 Å². The lowest BCUT2D eigenvalue weighted by Gasteiger charge is -2.22. The minimum absolute atomic E-state index is 0.0215. The van der Waals surface area contributed by atoms with Crippen LogP contribution in [0.15, 0.2) is 59.0 Å². The van der Waals surface area contributed by atoms with Crippen LogP contribution in [0, 0.1) is 0 Å². The van der Waals surface area contributed by atoms with Crippen LogP contribution in [0.25, 0.3) is 22.3 Å². The summed E-state index contributed by atoms with van der Waals surface area (Å²) in [6.07, 6.45) is 1.66. The van der Waals surface area contributed by atoms with Gasteiger partial charge in [0.05, 0.1) is 24.1 Å². The van der Waals surface area contributed by atoms with Gasteiger partial charge in [0.1, 0.15) is 21.7 Å². The Hall–Kier alpha value is -3.76.